The fourth-order valence-electron chi connectivity index (χ4n) is 11.6. The number of aromatic nitrogens is 7. The number of piperidine rings is 3. The first-order valence-corrected chi connectivity index (χ1v) is 26.9. The second kappa shape index (κ2) is 21.4. The van der Waals surface area contributed by atoms with Crippen molar-refractivity contribution in [2.45, 2.75) is 64.1 Å². The minimum atomic E-state index is -1.04. The van der Waals surface area contributed by atoms with Crippen LogP contribution in [0.15, 0.2) is 97.6 Å². The Bertz CT molecular complexity index is 3600. The predicted molar refractivity (Wildman–Crippen MR) is 293 cm³/mol. The van der Waals surface area contributed by atoms with E-state index in [-0.39, 0.29) is 47.7 Å². The number of nitrogen functional groups attached to an aromatic ring is 1. The maximum atomic E-state index is 15.9. The Kier molecular flexibility index (Phi) is 13.8. The van der Waals surface area contributed by atoms with Gasteiger partial charge in [0.1, 0.15) is 34.8 Å². The summed E-state index contributed by atoms with van der Waals surface area (Å²) >= 11 is 0. The number of likely N-dealkylation sites (tertiary alicyclic amines) is 1. The third-order valence-corrected chi connectivity index (χ3v) is 15.9. The highest BCUT2D eigenvalue weighted by Crippen LogP contribution is 2.34. The summed E-state index contributed by atoms with van der Waals surface area (Å²) in [5.74, 6) is 6.26. The van der Waals surface area contributed by atoms with Crippen LogP contribution < -0.4 is 26.2 Å². The number of imidazole rings is 1. The molecule has 21 heteroatoms. The van der Waals surface area contributed by atoms with Crippen LogP contribution in [0, 0.1) is 30.5 Å². The number of anilines is 4. The van der Waals surface area contributed by atoms with E-state index in [1.165, 1.54) is 0 Å². The fraction of sp³-hybridized carbons (Fsp3) is 0.345. The highest BCUT2D eigenvalue weighted by atomic mass is 19.1. The van der Waals surface area contributed by atoms with Crippen LogP contribution in [0.2, 0.25) is 0 Å². The van der Waals surface area contributed by atoms with Crippen LogP contribution in [0.4, 0.5) is 27.4 Å². The zero-order valence-electron chi connectivity index (χ0n) is 43.6. The van der Waals surface area contributed by atoms with Gasteiger partial charge in [0.25, 0.3) is 11.8 Å². The second-order valence-corrected chi connectivity index (χ2v) is 20.8. The van der Waals surface area contributed by atoms with Gasteiger partial charge in [-0.25, -0.2) is 24.3 Å². The molecule has 0 unspecified atom stereocenters. The van der Waals surface area contributed by atoms with Gasteiger partial charge < -0.3 is 25.8 Å². The molecule has 4 N–H and O–H groups in total. The summed E-state index contributed by atoms with van der Waals surface area (Å²) in [5, 5.41) is 10.2. The molecule has 5 aromatic heterocycles. The number of pyridine rings is 3. The van der Waals surface area contributed by atoms with Gasteiger partial charge in [0, 0.05) is 118 Å². The molecular formula is C58H58FN15O5. The number of benzene rings is 2. The summed E-state index contributed by atoms with van der Waals surface area (Å²) in [4.78, 5) is 92.8. The Labute approximate surface area is 454 Å². The number of hydrogen-bond donors (Lipinski definition) is 3. The summed E-state index contributed by atoms with van der Waals surface area (Å²) in [6, 6.07) is 20.8. The molecule has 5 aliphatic heterocycles. The van der Waals surface area contributed by atoms with E-state index < -0.39 is 29.7 Å². The van der Waals surface area contributed by atoms with Crippen LogP contribution in [0.5, 0.6) is 0 Å². The molecule has 0 radical (unpaired) electrons. The lowest BCUT2D eigenvalue weighted by Gasteiger charge is -2.37. The van der Waals surface area contributed by atoms with E-state index in [0.29, 0.717) is 79.1 Å². The molecule has 4 saturated heterocycles. The number of carbonyl (C=O) groups is 5. The molecule has 0 aliphatic carbocycles. The molecule has 7 aromatic rings. The maximum absolute atomic E-state index is 15.9. The minimum absolute atomic E-state index is 0.0368. The molecule has 0 saturated carbocycles. The lowest BCUT2D eigenvalue weighted by molar-refractivity contribution is -0.138. The molecule has 0 bridgehead atoms. The number of nitrogens with two attached hydrogens (primary N) is 1. The van der Waals surface area contributed by atoms with Crippen molar-refractivity contribution in [3.05, 3.63) is 131 Å². The Hall–Kier alpha value is -9.03. The number of carbonyl (C=O) groups excluding carboxylic acids is 5. The SMILES string of the molecule is Cc1nc2ccc(-c3ccnc(N)c3)nc2n1-c1ccc(N2CCN(CC#Cc3ccc(N4CCC(C(=O)N5CCC(n6cc(CNc7cccc8c7C(=O)N([C@H]7CCC(=O)NC7=O)C8=O)cn6)CC5)CC4)nc3)CC2)c(F)c1. The van der Waals surface area contributed by atoms with Gasteiger partial charge in [0.15, 0.2) is 5.65 Å². The third-order valence-electron chi connectivity index (χ3n) is 15.9. The van der Waals surface area contributed by atoms with Gasteiger partial charge in [-0.3, -0.25) is 48.3 Å². The maximum Gasteiger partial charge on any atom is 0.264 e. The van der Waals surface area contributed by atoms with Crippen LogP contribution >= 0.6 is 0 Å². The number of aryl methyl sites for hydroxylation is 1. The molecule has 5 amide bonds. The van der Waals surface area contributed by atoms with Crippen molar-refractivity contribution in [3.63, 3.8) is 0 Å². The summed E-state index contributed by atoms with van der Waals surface area (Å²) < 4.78 is 19.7. The average molecular weight is 1060 g/mol. The van der Waals surface area contributed by atoms with E-state index in [2.05, 4.69) is 52.2 Å². The van der Waals surface area contributed by atoms with Crippen LogP contribution in [-0.2, 0) is 20.9 Å². The van der Waals surface area contributed by atoms with Crippen molar-refractivity contribution in [1.29, 1.82) is 0 Å². The standard InChI is InChI=1S/C58H58FN15O5/c1-36-65-47-10-9-45(40-15-20-61-50(60)30-40)66-54(47)73(36)42-8-11-48(44(59)31-42)69-28-26-68(27-29-69)21-3-4-37-7-13-51(63-32-37)70-22-16-39(17-23-70)56(77)71-24-18-41(19-25-71)72-35-38(34-64-72)33-62-46-6-2-5-43-53(46)58(79)74(57(43)78)49-12-14-52(75)67-55(49)76/h2,5-11,13,15,20,30-32,34-35,39,41,49,62H,12,14,16-19,21-29,33H2,1H3,(H2,60,61)(H,67,75,76)/t49-/m0/s1. The first-order valence-electron chi connectivity index (χ1n) is 26.9. The number of nitrogens with one attached hydrogen (secondary N) is 2. The van der Waals surface area contributed by atoms with Crippen molar-refractivity contribution in [3.8, 4) is 28.8 Å². The van der Waals surface area contributed by atoms with Gasteiger partial charge in [-0.2, -0.15) is 5.10 Å². The van der Waals surface area contributed by atoms with Crippen LogP contribution in [0.1, 0.15) is 82.2 Å². The molecule has 5 aliphatic rings. The van der Waals surface area contributed by atoms with Gasteiger partial charge in [-0.05, 0) is 99.7 Å². The summed E-state index contributed by atoms with van der Waals surface area (Å²) in [6.45, 7) is 8.47. The Morgan fingerprint density at radius 2 is 1.66 bits per heavy atom. The van der Waals surface area contributed by atoms with Crippen molar-refractivity contribution >= 4 is 63.7 Å². The summed E-state index contributed by atoms with van der Waals surface area (Å²) in [6.07, 6.45) is 10.4. The molecule has 2 aromatic carbocycles. The highest BCUT2D eigenvalue weighted by Gasteiger charge is 2.45. The Morgan fingerprint density at radius 1 is 0.835 bits per heavy atom. The van der Waals surface area contributed by atoms with Gasteiger partial charge in [-0.1, -0.05) is 17.9 Å². The summed E-state index contributed by atoms with van der Waals surface area (Å²) in [7, 11) is 0. The van der Waals surface area contributed by atoms with Gasteiger partial charge in [-0.15, -0.1) is 0 Å². The normalized spacial score (nSPS) is 18.5. The van der Waals surface area contributed by atoms with E-state index in [9.17, 15) is 24.0 Å². The Morgan fingerprint density at radius 3 is 2.42 bits per heavy atom. The molecule has 1 atom stereocenters. The van der Waals surface area contributed by atoms with Crippen molar-refractivity contribution < 1.29 is 28.4 Å². The number of nitrogens with zero attached hydrogens (tertiary/aromatic N) is 12. The summed E-state index contributed by atoms with van der Waals surface area (Å²) in [5.41, 5.74) is 12.7. The second-order valence-electron chi connectivity index (χ2n) is 20.8. The van der Waals surface area contributed by atoms with Crippen LogP contribution in [-0.4, -0.2) is 143 Å². The molecule has 0 spiro atoms. The van der Waals surface area contributed by atoms with E-state index in [1.54, 1.807) is 42.7 Å². The largest absolute Gasteiger partial charge is 0.384 e. The molecule has 12 rings (SSSR count). The van der Waals surface area contributed by atoms with E-state index >= 15 is 4.39 Å². The average Bonchev–Trinajstić information content (AvgIpc) is 4.19. The number of hydrogen-bond acceptors (Lipinski definition) is 15. The fourth-order valence-corrected chi connectivity index (χ4v) is 11.6. The lowest BCUT2D eigenvalue weighted by Crippen LogP contribution is -2.54. The molecule has 10 heterocycles. The van der Waals surface area contributed by atoms with Gasteiger partial charge in [0.05, 0.1) is 47.0 Å². The van der Waals surface area contributed by atoms with Crippen LogP contribution in [0.25, 0.3) is 28.1 Å². The number of amides is 5. The van der Waals surface area contributed by atoms with E-state index in [1.807, 2.05) is 75.9 Å². The minimum Gasteiger partial charge on any atom is -0.384 e. The molecule has 402 valence electrons. The van der Waals surface area contributed by atoms with Crippen molar-refractivity contribution in [2.24, 2.45) is 5.92 Å². The van der Waals surface area contributed by atoms with Gasteiger partial charge >= 0.3 is 0 Å². The van der Waals surface area contributed by atoms with Crippen molar-refractivity contribution in [1.82, 2.24) is 54.3 Å². The van der Waals surface area contributed by atoms with Crippen molar-refractivity contribution in [2.75, 3.05) is 79.8 Å². The quantitative estimate of drug-likeness (QED) is 0.109. The first-order chi connectivity index (χ1) is 38.4. The molecule has 20 nitrogen and oxygen atoms in total. The van der Waals surface area contributed by atoms with E-state index in [4.69, 9.17) is 15.7 Å². The lowest BCUT2D eigenvalue weighted by atomic mass is 9.93. The number of halogens is 1. The number of rotatable bonds is 11. The van der Waals surface area contributed by atoms with Crippen LogP contribution in [0.3, 0.4) is 0 Å². The zero-order chi connectivity index (χ0) is 54.3. The molecular weight excluding hydrogens is 1010 g/mol. The van der Waals surface area contributed by atoms with E-state index in [0.717, 1.165) is 85.0 Å². The monoisotopic (exact) mass is 1060 g/mol. The molecule has 79 heavy (non-hydrogen) atoms. The third kappa shape index (κ3) is 10.2. The molecule has 4 fully saturated rings. The number of fused-ring (bicyclic) bond motifs is 2. The van der Waals surface area contributed by atoms with Gasteiger partial charge in [0.2, 0.25) is 17.7 Å². The number of imide groups is 2. The first kappa shape index (κ1) is 50.8. The topological polar surface area (TPSA) is 226 Å². The number of piperazine rings is 1. The Balaban J connectivity index is 0.572. The predicted octanol–water partition coefficient (Wildman–Crippen LogP) is 5.37. The highest BCUT2D eigenvalue weighted by molar-refractivity contribution is 6.25. The zero-order valence-corrected chi connectivity index (χ0v) is 43.6. The smallest absolute Gasteiger partial charge is 0.264 e.